The number of allylic oxidation sites excluding steroid dienone is 1. The first-order chi connectivity index (χ1) is 12.4. The lowest BCUT2D eigenvalue weighted by Gasteiger charge is -2.48. The number of hydrogen-bond donors (Lipinski definition) is 0. The zero-order valence-electron chi connectivity index (χ0n) is 16.0. The van der Waals surface area contributed by atoms with Gasteiger partial charge in [-0.1, -0.05) is 18.1 Å². The molecule has 3 aliphatic carbocycles. The van der Waals surface area contributed by atoms with Crippen molar-refractivity contribution in [1.29, 1.82) is 0 Å². The fourth-order valence-corrected chi connectivity index (χ4v) is 6.02. The van der Waals surface area contributed by atoms with E-state index in [-0.39, 0.29) is 11.9 Å². The molecule has 4 heteroatoms. The number of ether oxygens (including phenoxy) is 1. The van der Waals surface area contributed by atoms with Crippen LogP contribution in [0.3, 0.4) is 0 Å². The van der Waals surface area contributed by atoms with Gasteiger partial charge in [0.1, 0.15) is 5.78 Å². The Morgan fingerprint density at radius 3 is 2.81 bits per heavy atom. The molecule has 1 saturated carbocycles. The van der Waals surface area contributed by atoms with Gasteiger partial charge >= 0.3 is 5.97 Å². The van der Waals surface area contributed by atoms with Gasteiger partial charge in [0.15, 0.2) is 0 Å². The molecule has 0 aliphatic heterocycles. The molecule has 0 saturated heterocycles. The fraction of sp³-hybridized carbons (Fsp3) is 0.636. The molecule has 0 radical (unpaired) electrons. The zero-order chi connectivity index (χ0) is 18.5. The molecule has 1 heterocycles. The summed E-state index contributed by atoms with van der Waals surface area (Å²) in [7, 11) is 1.47. The molecule has 1 fully saturated rings. The van der Waals surface area contributed by atoms with E-state index >= 15 is 0 Å². The van der Waals surface area contributed by atoms with Gasteiger partial charge in [0.25, 0.3) is 0 Å². The Morgan fingerprint density at radius 2 is 2.12 bits per heavy atom. The van der Waals surface area contributed by atoms with E-state index in [1.54, 1.807) is 12.5 Å². The van der Waals surface area contributed by atoms with Gasteiger partial charge in [0, 0.05) is 6.42 Å². The summed E-state index contributed by atoms with van der Waals surface area (Å²) in [6.45, 7) is 4.24. The quantitative estimate of drug-likeness (QED) is 0.564. The Bertz CT molecular complexity index is 759. The van der Waals surface area contributed by atoms with Crippen LogP contribution in [0.4, 0.5) is 0 Å². The van der Waals surface area contributed by atoms with Crippen LogP contribution in [0.5, 0.6) is 0 Å². The molecule has 0 amide bonds. The molecule has 0 aromatic carbocycles. The van der Waals surface area contributed by atoms with Crippen molar-refractivity contribution in [3.05, 3.63) is 35.3 Å². The van der Waals surface area contributed by atoms with Crippen molar-refractivity contribution in [1.82, 2.24) is 0 Å². The first-order valence-corrected chi connectivity index (χ1v) is 9.80. The predicted octanol–water partition coefficient (Wildman–Crippen LogP) is 4.80. The summed E-state index contributed by atoms with van der Waals surface area (Å²) in [6, 6.07) is 1.99. The summed E-state index contributed by atoms with van der Waals surface area (Å²) in [5, 5.41) is 0. The molecule has 140 valence electrons. The number of carbonyl (C=O) groups is 2. The minimum Gasteiger partial charge on any atom is -0.472 e. The smallest absolute Gasteiger partial charge is 0.315 e. The average Bonchev–Trinajstić information content (AvgIpc) is 3.27. The van der Waals surface area contributed by atoms with Crippen LogP contribution in [0.2, 0.25) is 0 Å². The van der Waals surface area contributed by atoms with Crippen LogP contribution >= 0.6 is 0 Å². The Labute approximate surface area is 155 Å². The highest BCUT2D eigenvalue weighted by molar-refractivity contribution is 5.93. The number of fused-ring (bicyclic) bond motifs is 1. The number of furan rings is 1. The molecule has 26 heavy (non-hydrogen) atoms. The lowest BCUT2D eigenvalue weighted by atomic mass is 9.54. The zero-order valence-corrected chi connectivity index (χ0v) is 16.0. The average molecular weight is 356 g/mol. The molecule has 4 unspecified atom stereocenters. The van der Waals surface area contributed by atoms with Crippen molar-refractivity contribution in [2.45, 2.75) is 64.7 Å². The third-order valence-electron chi connectivity index (χ3n) is 7.49. The molecular weight excluding hydrogens is 328 g/mol. The number of Topliss-reactive ketones (excluding diaryl/α,β-unsaturated/α-hetero) is 1. The molecule has 1 aromatic heterocycles. The molecule has 4 atom stereocenters. The highest BCUT2D eigenvalue weighted by Gasteiger charge is 2.57. The van der Waals surface area contributed by atoms with E-state index in [0.29, 0.717) is 18.1 Å². The number of esters is 1. The van der Waals surface area contributed by atoms with Gasteiger partial charge in [0.05, 0.1) is 30.5 Å². The summed E-state index contributed by atoms with van der Waals surface area (Å²) < 4.78 is 10.4. The van der Waals surface area contributed by atoms with Gasteiger partial charge in [-0.15, -0.1) is 0 Å². The molecule has 1 aromatic rings. The van der Waals surface area contributed by atoms with E-state index in [2.05, 4.69) is 6.92 Å². The van der Waals surface area contributed by atoms with Crippen LogP contribution in [0, 0.1) is 16.7 Å². The summed E-state index contributed by atoms with van der Waals surface area (Å²) >= 11 is 0. The lowest BCUT2D eigenvalue weighted by molar-refractivity contribution is -0.151. The number of ketones is 1. The Morgan fingerprint density at radius 1 is 1.31 bits per heavy atom. The molecule has 4 nitrogen and oxygen atoms in total. The number of carbonyl (C=O) groups excluding carboxylic acids is 2. The largest absolute Gasteiger partial charge is 0.472 e. The third-order valence-corrected chi connectivity index (χ3v) is 7.49. The van der Waals surface area contributed by atoms with E-state index in [4.69, 9.17) is 9.15 Å². The second kappa shape index (κ2) is 6.11. The van der Waals surface area contributed by atoms with Gasteiger partial charge in [-0.25, -0.2) is 0 Å². The predicted molar refractivity (Wildman–Crippen MR) is 97.5 cm³/mol. The lowest BCUT2D eigenvalue weighted by Crippen LogP contribution is -2.45. The number of methoxy groups -OCH3 is 1. The monoisotopic (exact) mass is 356 g/mol. The van der Waals surface area contributed by atoms with Crippen LogP contribution in [0.1, 0.15) is 70.3 Å². The van der Waals surface area contributed by atoms with Gasteiger partial charge < -0.3 is 9.15 Å². The second-order valence-corrected chi connectivity index (χ2v) is 8.63. The van der Waals surface area contributed by atoms with Crippen LogP contribution in [0.15, 0.2) is 34.2 Å². The van der Waals surface area contributed by atoms with Crippen molar-refractivity contribution < 1.29 is 18.7 Å². The van der Waals surface area contributed by atoms with Crippen molar-refractivity contribution in [2.24, 2.45) is 16.7 Å². The van der Waals surface area contributed by atoms with E-state index in [1.165, 1.54) is 18.3 Å². The minimum atomic E-state index is -0.566. The highest BCUT2D eigenvalue weighted by Crippen LogP contribution is 2.62. The maximum absolute atomic E-state index is 13.4. The van der Waals surface area contributed by atoms with Gasteiger partial charge in [-0.05, 0) is 68.9 Å². The van der Waals surface area contributed by atoms with Crippen molar-refractivity contribution >= 4 is 11.8 Å². The summed E-state index contributed by atoms with van der Waals surface area (Å²) in [6.07, 6.45) is 9.48. The highest BCUT2D eigenvalue weighted by atomic mass is 16.5. The third kappa shape index (κ3) is 2.27. The first kappa shape index (κ1) is 17.6. The summed E-state index contributed by atoms with van der Waals surface area (Å²) in [5.74, 6) is 0.760. The minimum absolute atomic E-state index is 0.147. The topological polar surface area (TPSA) is 56.5 Å². The van der Waals surface area contributed by atoms with Crippen molar-refractivity contribution in [2.75, 3.05) is 7.11 Å². The van der Waals surface area contributed by atoms with E-state index < -0.39 is 10.8 Å². The molecule has 0 N–H and O–H groups in total. The van der Waals surface area contributed by atoms with Crippen molar-refractivity contribution in [3.63, 3.8) is 0 Å². The van der Waals surface area contributed by atoms with Crippen LogP contribution < -0.4 is 0 Å². The van der Waals surface area contributed by atoms with E-state index in [0.717, 1.165) is 44.1 Å². The van der Waals surface area contributed by atoms with Crippen LogP contribution in [-0.4, -0.2) is 18.9 Å². The first-order valence-electron chi connectivity index (χ1n) is 9.80. The van der Waals surface area contributed by atoms with Crippen LogP contribution in [0.25, 0.3) is 0 Å². The number of hydrogen-bond acceptors (Lipinski definition) is 4. The molecule has 0 bridgehead atoms. The van der Waals surface area contributed by atoms with Gasteiger partial charge in [-0.3, -0.25) is 9.59 Å². The van der Waals surface area contributed by atoms with Gasteiger partial charge in [0.2, 0.25) is 0 Å². The molecule has 3 aliphatic rings. The van der Waals surface area contributed by atoms with Crippen LogP contribution in [-0.2, 0) is 14.3 Å². The molecular formula is C22H28O4. The Kier molecular flexibility index (Phi) is 4.13. The normalized spacial score (nSPS) is 37.1. The SMILES string of the molecule is COC(=O)C1(C)CCCC2=C1CCC(C)C21CC(c2ccoc2)CC1=O. The maximum Gasteiger partial charge on any atom is 0.315 e. The Hall–Kier alpha value is -1.84. The number of rotatable bonds is 2. The maximum atomic E-state index is 13.4. The molecule has 4 rings (SSSR count). The van der Waals surface area contributed by atoms with Crippen molar-refractivity contribution in [3.8, 4) is 0 Å². The summed E-state index contributed by atoms with van der Waals surface area (Å²) in [4.78, 5) is 26.0. The standard InChI is InChI=1S/C22H28O4/c1-14-6-7-17-18(5-4-9-21(17,2)20(24)25-3)22(14)12-16(11-19(22)23)15-8-10-26-13-15/h8,10,13-14,16H,4-7,9,11-12H2,1-3H3. The van der Waals surface area contributed by atoms with Gasteiger partial charge in [-0.2, -0.15) is 0 Å². The van der Waals surface area contributed by atoms with E-state index in [1.807, 2.05) is 13.0 Å². The Balaban J connectivity index is 1.81. The summed E-state index contributed by atoms with van der Waals surface area (Å²) in [5.41, 5.74) is 2.64. The second-order valence-electron chi connectivity index (χ2n) is 8.63. The fourth-order valence-electron chi connectivity index (χ4n) is 6.02. The van der Waals surface area contributed by atoms with E-state index in [9.17, 15) is 9.59 Å². The molecule has 1 spiro atoms.